The van der Waals surface area contributed by atoms with Crippen molar-refractivity contribution in [1.29, 1.82) is 0 Å². The summed E-state index contributed by atoms with van der Waals surface area (Å²) in [6.07, 6.45) is 5.38. The smallest absolute Gasteiger partial charge is 0.0407 e. The van der Waals surface area contributed by atoms with Crippen LogP contribution in [0.1, 0.15) is 70.9 Å². The molecule has 0 aliphatic heterocycles. The van der Waals surface area contributed by atoms with Crippen LogP contribution in [0.15, 0.2) is 6.20 Å². The van der Waals surface area contributed by atoms with Crippen LogP contribution in [0.25, 0.3) is 0 Å². The molecular formula is C16H31N. The number of nitrogens with zero attached hydrogens (tertiary/aromatic N) is 1. The summed E-state index contributed by atoms with van der Waals surface area (Å²) in [5.41, 5.74) is 5.61. The third kappa shape index (κ3) is 5.34. The summed E-state index contributed by atoms with van der Waals surface area (Å²) in [5, 5.41) is 0. The van der Waals surface area contributed by atoms with Crippen molar-refractivity contribution in [2.45, 2.75) is 74.7 Å². The van der Waals surface area contributed by atoms with Crippen molar-refractivity contribution in [1.82, 2.24) is 4.98 Å². The standard InChI is InChI=1S/C12H19N.2C2H6/c1-5-10-8-13-9(4)11(6-2)12(10)7-3;2*1-2/h8H,5-7H2,1-4H3;2*1-2H3. The van der Waals surface area contributed by atoms with E-state index in [9.17, 15) is 0 Å². The fraction of sp³-hybridized carbons (Fsp3) is 0.688. The molecule has 1 aromatic rings. The minimum atomic E-state index is 1.10. The van der Waals surface area contributed by atoms with E-state index in [0.717, 1.165) is 19.3 Å². The fourth-order valence-electron chi connectivity index (χ4n) is 1.96. The zero-order valence-corrected chi connectivity index (χ0v) is 13.1. The second-order valence-electron chi connectivity index (χ2n) is 3.39. The van der Waals surface area contributed by atoms with Crippen molar-refractivity contribution in [3.8, 4) is 0 Å². The average molecular weight is 237 g/mol. The van der Waals surface area contributed by atoms with E-state index in [0.29, 0.717) is 0 Å². The van der Waals surface area contributed by atoms with E-state index in [1.807, 2.05) is 33.9 Å². The summed E-state index contributed by atoms with van der Waals surface area (Å²) < 4.78 is 0. The van der Waals surface area contributed by atoms with Gasteiger partial charge >= 0.3 is 0 Å². The molecule has 0 aromatic carbocycles. The van der Waals surface area contributed by atoms with E-state index in [1.54, 1.807) is 0 Å². The lowest BCUT2D eigenvalue weighted by molar-refractivity contribution is 0.930. The molecule has 0 fully saturated rings. The Hall–Kier alpha value is -0.850. The highest BCUT2D eigenvalue weighted by molar-refractivity contribution is 5.36. The van der Waals surface area contributed by atoms with Gasteiger partial charge in [0.2, 0.25) is 0 Å². The number of pyridine rings is 1. The van der Waals surface area contributed by atoms with E-state index in [1.165, 1.54) is 22.4 Å². The summed E-state index contributed by atoms with van der Waals surface area (Å²) >= 11 is 0. The third-order valence-electron chi connectivity index (χ3n) is 2.69. The first-order valence-corrected chi connectivity index (χ1v) is 7.20. The van der Waals surface area contributed by atoms with Crippen molar-refractivity contribution >= 4 is 0 Å². The van der Waals surface area contributed by atoms with Crippen molar-refractivity contribution in [2.75, 3.05) is 0 Å². The number of hydrogen-bond acceptors (Lipinski definition) is 1. The van der Waals surface area contributed by atoms with E-state index < -0.39 is 0 Å². The Morgan fingerprint density at radius 3 is 1.65 bits per heavy atom. The van der Waals surface area contributed by atoms with Gasteiger partial charge in [-0.1, -0.05) is 48.5 Å². The summed E-state index contributed by atoms with van der Waals surface area (Å²) in [4.78, 5) is 4.43. The Bertz CT molecular complexity index is 290. The lowest BCUT2D eigenvalue weighted by atomic mass is 9.96. The van der Waals surface area contributed by atoms with Crippen LogP contribution in [0, 0.1) is 6.92 Å². The van der Waals surface area contributed by atoms with Crippen molar-refractivity contribution in [3.63, 3.8) is 0 Å². The zero-order chi connectivity index (χ0) is 13.8. The van der Waals surface area contributed by atoms with Crippen LogP contribution < -0.4 is 0 Å². The average Bonchev–Trinajstić information content (AvgIpc) is 2.42. The molecular weight excluding hydrogens is 206 g/mol. The fourth-order valence-corrected chi connectivity index (χ4v) is 1.96. The molecule has 0 N–H and O–H groups in total. The molecule has 1 rings (SSSR count). The second-order valence-corrected chi connectivity index (χ2v) is 3.39. The first-order chi connectivity index (χ1) is 8.24. The van der Waals surface area contributed by atoms with Crippen LogP contribution in [0.2, 0.25) is 0 Å². The number of hydrogen-bond donors (Lipinski definition) is 0. The van der Waals surface area contributed by atoms with Gasteiger partial charge in [-0.2, -0.15) is 0 Å². The Morgan fingerprint density at radius 1 is 0.824 bits per heavy atom. The van der Waals surface area contributed by atoms with E-state index in [2.05, 4.69) is 32.7 Å². The molecule has 1 heteroatoms. The summed E-state index contributed by atoms with van der Waals surface area (Å²) in [6, 6.07) is 0. The SMILES string of the molecule is CC.CC.CCc1cnc(C)c(CC)c1CC. The van der Waals surface area contributed by atoms with Gasteiger partial charge in [-0.25, -0.2) is 0 Å². The maximum Gasteiger partial charge on any atom is 0.0407 e. The van der Waals surface area contributed by atoms with Crippen LogP contribution in [0.4, 0.5) is 0 Å². The van der Waals surface area contributed by atoms with Crippen molar-refractivity contribution < 1.29 is 0 Å². The Balaban J connectivity index is 0. The minimum absolute atomic E-state index is 1.10. The molecule has 0 amide bonds. The highest BCUT2D eigenvalue weighted by Crippen LogP contribution is 2.18. The highest BCUT2D eigenvalue weighted by atomic mass is 14.7. The van der Waals surface area contributed by atoms with Crippen LogP contribution in [-0.2, 0) is 19.3 Å². The normalized spacial score (nSPS) is 8.71. The Kier molecular flexibility index (Phi) is 12.7. The largest absolute Gasteiger partial charge is 0.261 e. The maximum atomic E-state index is 4.43. The van der Waals surface area contributed by atoms with Gasteiger partial charge in [0.1, 0.15) is 0 Å². The third-order valence-corrected chi connectivity index (χ3v) is 2.69. The van der Waals surface area contributed by atoms with E-state index in [4.69, 9.17) is 0 Å². The number of aromatic nitrogens is 1. The molecule has 0 atom stereocenters. The predicted octanol–water partition coefficient (Wildman–Crippen LogP) is 5.13. The lowest BCUT2D eigenvalue weighted by Crippen LogP contribution is -2.02. The first-order valence-electron chi connectivity index (χ1n) is 7.20. The minimum Gasteiger partial charge on any atom is -0.261 e. The summed E-state index contributed by atoms with van der Waals surface area (Å²) in [6.45, 7) is 16.7. The topological polar surface area (TPSA) is 12.9 Å². The molecule has 100 valence electrons. The molecule has 0 bridgehead atoms. The highest BCUT2D eigenvalue weighted by Gasteiger charge is 2.07. The first kappa shape index (κ1) is 18.5. The predicted molar refractivity (Wildman–Crippen MR) is 79.8 cm³/mol. The van der Waals surface area contributed by atoms with E-state index in [-0.39, 0.29) is 0 Å². The lowest BCUT2D eigenvalue weighted by Gasteiger charge is -2.12. The van der Waals surface area contributed by atoms with Crippen molar-refractivity contribution in [2.24, 2.45) is 0 Å². The van der Waals surface area contributed by atoms with Crippen LogP contribution in [0.3, 0.4) is 0 Å². The molecule has 1 heterocycles. The van der Waals surface area contributed by atoms with E-state index >= 15 is 0 Å². The summed E-state index contributed by atoms with van der Waals surface area (Å²) in [7, 11) is 0. The monoisotopic (exact) mass is 237 g/mol. The number of aryl methyl sites for hydroxylation is 2. The Morgan fingerprint density at radius 2 is 1.29 bits per heavy atom. The summed E-state index contributed by atoms with van der Waals surface area (Å²) in [5.74, 6) is 0. The molecule has 0 spiro atoms. The van der Waals surface area contributed by atoms with Gasteiger partial charge in [0.25, 0.3) is 0 Å². The Labute approximate surface area is 109 Å². The zero-order valence-electron chi connectivity index (χ0n) is 13.1. The second kappa shape index (κ2) is 11.6. The molecule has 0 aliphatic carbocycles. The maximum absolute atomic E-state index is 4.43. The van der Waals surface area contributed by atoms with Crippen molar-refractivity contribution in [3.05, 3.63) is 28.6 Å². The van der Waals surface area contributed by atoms with Gasteiger partial charge in [0, 0.05) is 11.9 Å². The van der Waals surface area contributed by atoms with Crippen LogP contribution in [0.5, 0.6) is 0 Å². The van der Waals surface area contributed by atoms with Gasteiger partial charge in [-0.3, -0.25) is 4.98 Å². The van der Waals surface area contributed by atoms with Gasteiger partial charge in [0.15, 0.2) is 0 Å². The van der Waals surface area contributed by atoms with Gasteiger partial charge < -0.3 is 0 Å². The molecule has 17 heavy (non-hydrogen) atoms. The molecule has 1 nitrogen and oxygen atoms in total. The molecule has 0 saturated heterocycles. The van der Waals surface area contributed by atoms with Crippen LogP contribution >= 0.6 is 0 Å². The molecule has 1 aromatic heterocycles. The van der Waals surface area contributed by atoms with Gasteiger partial charge in [0.05, 0.1) is 0 Å². The van der Waals surface area contributed by atoms with Gasteiger partial charge in [-0.15, -0.1) is 0 Å². The quantitative estimate of drug-likeness (QED) is 0.710. The molecule has 0 aliphatic rings. The molecule has 0 radical (unpaired) electrons. The van der Waals surface area contributed by atoms with Crippen LogP contribution in [-0.4, -0.2) is 4.98 Å². The number of rotatable bonds is 3. The molecule has 0 saturated carbocycles. The molecule has 0 unspecified atom stereocenters. The van der Waals surface area contributed by atoms with Gasteiger partial charge in [-0.05, 0) is 42.9 Å².